The summed E-state index contributed by atoms with van der Waals surface area (Å²) in [5.74, 6) is 0.479. The predicted molar refractivity (Wildman–Crippen MR) is 163 cm³/mol. The molecule has 0 saturated carbocycles. The van der Waals surface area contributed by atoms with E-state index in [0.29, 0.717) is 44.6 Å². The molecule has 2 aromatic carbocycles. The van der Waals surface area contributed by atoms with Crippen LogP contribution in [0.5, 0.6) is 5.75 Å². The Morgan fingerprint density at radius 1 is 1.10 bits per heavy atom. The summed E-state index contributed by atoms with van der Waals surface area (Å²) < 4.78 is 12.8. The van der Waals surface area contributed by atoms with Crippen molar-refractivity contribution in [3.05, 3.63) is 69.6 Å². The standard InChI is InChI=1S/C30H34Cl2N6O4/c1-7-38-18(2)20(16-34-38)17-37(6)28(39)26-22-15-21(31)9-10-24(22)35-27(36-26)19-8-11-25(23(32)14-19)41-13-12-33-29(40)42-30(3,4)5/h8-11,14-16H,7,12-13,17H2,1-6H3,(H,33,40). The summed E-state index contributed by atoms with van der Waals surface area (Å²) in [7, 11) is 1.73. The van der Waals surface area contributed by atoms with Gasteiger partial charge in [-0.05, 0) is 71.0 Å². The van der Waals surface area contributed by atoms with Crippen LogP contribution >= 0.6 is 23.2 Å². The Hall–Kier alpha value is -3.89. The number of benzene rings is 2. The van der Waals surface area contributed by atoms with Crippen molar-refractivity contribution in [3.8, 4) is 17.1 Å². The van der Waals surface area contributed by atoms with Gasteiger partial charge in [0, 0.05) is 47.4 Å². The monoisotopic (exact) mass is 612 g/mol. The number of hydrogen-bond acceptors (Lipinski definition) is 7. The molecule has 0 unspecified atom stereocenters. The molecule has 10 nitrogen and oxygen atoms in total. The average Bonchev–Trinajstić information content (AvgIpc) is 3.28. The summed E-state index contributed by atoms with van der Waals surface area (Å²) in [6.45, 7) is 10.9. The second-order valence-corrected chi connectivity index (χ2v) is 11.6. The SMILES string of the molecule is CCn1ncc(CN(C)C(=O)c2nc(-c3ccc(OCCNC(=O)OC(C)(C)C)c(Cl)c3)nc3ccc(Cl)cc23)c1C. The first-order valence-corrected chi connectivity index (χ1v) is 14.3. The molecule has 0 bridgehead atoms. The van der Waals surface area contributed by atoms with E-state index in [1.54, 1.807) is 75.3 Å². The number of alkyl carbamates (subject to hydrolysis) is 1. The Bertz CT molecular complexity index is 1620. The maximum atomic E-state index is 13.7. The van der Waals surface area contributed by atoms with Crippen LogP contribution in [-0.4, -0.2) is 62.4 Å². The molecule has 0 aliphatic carbocycles. The second-order valence-electron chi connectivity index (χ2n) is 10.7. The molecule has 2 amide bonds. The summed E-state index contributed by atoms with van der Waals surface area (Å²) in [5, 5.41) is 8.37. The van der Waals surface area contributed by atoms with E-state index in [4.69, 9.17) is 32.7 Å². The van der Waals surface area contributed by atoms with Gasteiger partial charge >= 0.3 is 6.09 Å². The van der Waals surface area contributed by atoms with E-state index < -0.39 is 11.7 Å². The molecule has 4 aromatic rings. The maximum absolute atomic E-state index is 13.7. The second kappa shape index (κ2) is 13.0. The first kappa shape index (κ1) is 31.1. The van der Waals surface area contributed by atoms with Crippen LogP contribution < -0.4 is 10.1 Å². The minimum Gasteiger partial charge on any atom is -0.490 e. The molecule has 0 aliphatic heterocycles. The molecule has 0 spiro atoms. The summed E-state index contributed by atoms with van der Waals surface area (Å²) in [4.78, 5) is 36.5. The normalized spacial score (nSPS) is 11.4. The fourth-order valence-electron chi connectivity index (χ4n) is 4.25. The number of halogens is 2. The van der Waals surface area contributed by atoms with Gasteiger partial charge in [-0.25, -0.2) is 14.8 Å². The van der Waals surface area contributed by atoms with Crippen LogP contribution in [0.2, 0.25) is 10.0 Å². The number of aryl methyl sites for hydroxylation is 1. The number of amides is 2. The van der Waals surface area contributed by atoms with Gasteiger partial charge in [0.1, 0.15) is 23.7 Å². The highest BCUT2D eigenvalue weighted by Gasteiger charge is 2.22. The zero-order chi connectivity index (χ0) is 30.6. The summed E-state index contributed by atoms with van der Waals surface area (Å²) in [5.41, 5.74) is 2.77. The molecule has 1 N–H and O–H groups in total. The lowest BCUT2D eigenvalue weighted by atomic mass is 10.1. The molecule has 0 aliphatic rings. The Balaban J connectivity index is 1.55. The van der Waals surface area contributed by atoms with Gasteiger partial charge in [-0.2, -0.15) is 5.10 Å². The number of hydrogen-bond donors (Lipinski definition) is 1. The lowest BCUT2D eigenvalue weighted by Gasteiger charge is -2.19. The smallest absolute Gasteiger partial charge is 0.407 e. The number of rotatable bonds is 9. The average molecular weight is 614 g/mol. The van der Waals surface area contributed by atoms with E-state index in [1.807, 2.05) is 18.5 Å². The first-order valence-electron chi connectivity index (χ1n) is 13.5. The third kappa shape index (κ3) is 7.49. The minimum atomic E-state index is -0.584. The Morgan fingerprint density at radius 2 is 1.86 bits per heavy atom. The van der Waals surface area contributed by atoms with Gasteiger partial charge < -0.3 is 19.7 Å². The zero-order valence-electron chi connectivity index (χ0n) is 24.5. The number of nitrogens with zero attached hydrogens (tertiary/aromatic N) is 5. The van der Waals surface area contributed by atoms with Crippen LogP contribution in [0.4, 0.5) is 4.79 Å². The first-order chi connectivity index (χ1) is 19.9. The van der Waals surface area contributed by atoms with Gasteiger partial charge in [0.2, 0.25) is 0 Å². The van der Waals surface area contributed by atoms with Crippen LogP contribution in [0, 0.1) is 6.92 Å². The highest BCUT2D eigenvalue weighted by atomic mass is 35.5. The van der Waals surface area contributed by atoms with E-state index in [9.17, 15) is 9.59 Å². The molecular weight excluding hydrogens is 579 g/mol. The number of fused-ring (bicyclic) bond motifs is 1. The zero-order valence-corrected chi connectivity index (χ0v) is 26.0. The minimum absolute atomic E-state index is 0.188. The van der Waals surface area contributed by atoms with Crippen molar-refractivity contribution in [2.75, 3.05) is 20.2 Å². The van der Waals surface area contributed by atoms with Crippen molar-refractivity contribution < 1.29 is 19.1 Å². The Morgan fingerprint density at radius 3 is 2.52 bits per heavy atom. The van der Waals surface area contributed by atoms with Crippen molar-refractivity contribution >= 4 is 46.1 Å². The molecule has 4 rings (SSSR count). The van der Waals surface area contributed by atoms with E-state index in [2.05, 4.69) is 20.4 Å². The molecule has 2 heterocycles. The van der Waals surface area contributed by atoms with Crippen molar-refractivity contribution in [1.82, 2.24) is 30.0 Å². The van der Waals surface area contributed by atoms with Crippen molar-refractivity contribution in [1.29, 1.82) is 0 Å². The molecule has 0 fully saturated rings. The molecule has 0 atom stereocenters. The molecule has 12 heteroatoms. The van der Waals surface area contributed by atoms with Crippen molar-refractivity contribution in [3.63, 3.8) is 0 Å². The Kier molecular flexibility index (Phi) is 9.58. The van der Waals surface area contributed by atoms with Crippen molar-refractivity contribution in [2.45, 2.75) is 53.3 Å². The molecule has 42 heavy (non-hydrogen) atoms. The fraction of sp³-hybridized carbons (Fsp3) is 0.367. The molecular formula is C30H34Cl2N6O4. The van der Waals surface area contributed by atoms with E-state index in [0.717, 1.165) is 17.8 Å². The number of aromatic nitrogens is 4. The summed E-state index contributed by atoms with van der Waals surface area (Å²) in [6.07, 6.45) is 1.26. The van der Waals surface area contributed by atoms with Crippen molar-refractivity contribution in [2.24, 2.45) is 0 Å². The van der Waals surface area contributed by atoms with Gasteiger partial charge in [-0.15, -0.1) is 0 Å². The summed E-state index contributed by atoms with van der Waals surface area (Å²) in [6, 6.07) is 10.3. The third-order valence-corrected chi connectivity index (χ3v) is 6.87. The lowest BCUT2D eigenvalue weighted by molar-refractivity contribution is 0.0520. The van der Waals surface area contributed by atoms with Crippen LogP contribution in [0.3, 0.4) is 0 Å². The van der Waals surface area contributed by atoms with Crippen LogP contribution in [0.15, 0.2) is 42.6 Å². The van der Waals surface area contributed by atoms with Crippen LogP contribution in [-0.2, 0) is 17.8 Å². The number of ether oxygens (including phenoxy) is 2. The number of nitrogens with one attached hydrogen (secondary N) is 1. The summed E-state index contributed by atoms with van der Waals surface area (Å²) >= 11 is 12.8. The van der Waals surface area contributed by atoms with Gasteiger partial charge in [0.05, 0.1) is 23.3 Å². The molecule has 0 radical (unpaired) electrons. The molecule has 2 aromatic heterocycles. The number of carbonyl (C=O) groups excluding carboxylic acids is 2. The predicted octanol–water partition coefficient (Wildman–Crippen LogP) is 6.30. The third-order valence-electron chi connectivity index (χ3n) is 6.34. The number of carbonyl (C=O) groups is 2. The lowest BCUT2D eigenvalue weighted by Crippen LogP contribution is -2.34. The van der Waals surface area contributed by atoms with E-state index in [-0.39, 0.29) is 24.8 Å². The molecule has 0 saturated heterocycles. The van der Waals surface area contributed by atoms with E-state index in [1.165, 1.54) is 0 Å². The van der Waals surface area contributed by atoms with E-state index >= 15 is 0 Å². The Labute approximate surface area is 254 Å². The largest absolute Gasteiger partial charge is 0.490 e. The van der Waals surface area contributed by atoms with Gasteiger partial charge in [-0.3, -0.25) is 9.48 Å². The van der Waals surface area contributed by atoms with Gasteiger partial charge in [0.25, 0.3) is 5.91 Å². The maximum Gasteiger partial charge on any atom is 0.407 e. The topological polar surface area (TPSA) is 111 Å². The fourth-order valence-corrected chi connectivity index (χ4v) is 4.65. The van der Waals surface area contributed by atoms with Crippen LogP contribution in [0.1, 0.15) is 49.4 Å². The van der Waals surface area contributed by atoms with Gasteiger partial charge in [-0.1, -0.05) is 23.2 Å². The van der Waals surface area contributed by atoms with Gasteiger partial charge in [0.15, 0.2) is 5.82 Å². The quantitative estimate of drug-likeness (QED) is 0.221. The molecule has 222 valence electrons. The highest BCUT2D eigenvalue weighted by molar-refractivity contribution is 6.32. The highest BCUT2D eigenvalue weighted by Crippen LogP contribution is 2.31. The van der Waals surface area contributed by atoms with Crippen LogP contribution in [0.25, 0.3) is 22.3 Å².